The Balaban J connectivity index is 1.52. The molecule has 8 heteroatoms. The maximum atomic E-state index is 13.4. The molecule has 160 valence electrons. The van der Waals surface area contributed by atoms with Gasteiger partial charge in [0, 0.05) is 36.0 Å². The van der Waals surface area contributed by atoms with Gasteiger partial charge in [0.15, 0.2) is 0 Å². The molecule has 1 amide bonds. The van der Waals surface area contributed by atoms with Crippen molar-refractivity contribution >= 4 is 11.6 Å². The number of benzene rings is 3. The predicted octanol–water partition coefficient (Wildman–Crippen LogP) is 4.45. The minimum atomic E-state index is -0.481. The average molecular weight is 430 g/mol. The second kappa shape index (κ2) is 9.22. The van der Waals surface area contributed by atoms with Crippen molar-refractivity contribution < 1.29 is 14.1 Å². The zero-order chi connectivity index (χ0) is 22.5. The van der Waals surface area contributed by atoms with Gasteiger partial charge in [0.25, 0.3) is 5.69 Å². The number of nitrogens with zero attached hydrogens (tertiary/aromatic N) is 3. The molecule has 0 saturated heterocycles. The number of carbonyl (C=O) groups excluding carboxylic acids is 1. The van der Waals surface area contributed by atoms with E-state index in [0.29, 0.717) is 11.3 Å². The van der Waals surface area contributed by atoms with E-state index in [1.165, 1.54) is 24.3 Å². The summed E-state index contributed by atoms with van der Waals surface area (Å²) < 4.78 is 15.1. The van der Waals surface area contributed by atoms with Crippen molar-refractivity contribution in [1.29, 1.82) is 0 Å². The molecule has 0 spiro atoms. The van der Waals surface area contributed by atoms with Crippen LogP contribution in [0.5, 0.6) is 0 Å². The lowest BCUT2D eigenvalue weighted by atomic mass is 10.1. The fourth-order valence-electron chi connectivity index (χ4n) is 3.28. The molecule has 1 heterocycles. The Bertz CT molecular complexity index is 1240. The molecule has 4 aromatic rings. The maximum absolute atomic E-state index is 13.4. The van der Waals surface area contributed by atoms with Gasteiger partial charge in [-0.2, -0.15) is 5.10 Å². The SMILES string of the molecule is O=C(Cc1ccc([N+](=O)[O-])cc1)NCc1cn(-c2ccccc2)nc1-c1ccc(F)cc1. The summed E-state index contributed by atoms with van der Waals surface area (Å²) in [4.78, 5) is 22.7. The normalized spacial score (nSPS) is 10.7. The zero-order valence-corrected chi connectivity index (χ0v) is 16.9. The number of nitro groups is 1. The number of halogens is 1. The number of nitrogens with one attached hydrogen (secondary N) is 1. The zero-order valence-electron chi connectivity index (χ0n) is 16.9. The van der Waals surface area contributed by atoms with E-state index in [1.807, 2.05) is 36.5 Å². The molecule has 1 aromatic heterocycles. The molecule has 3 aromatic carbocycles. The van der Waals surface area contributed by atoms with Gasteiger partial charge >= 0.3 is 0 Å². The van der Waals surface area contributed by atoms with E-state index in [4.69, 9.17) is 0 Å². The van der Waals surface area contributed by atoms with E-state index in [2.05, 4.69) is 10.4 Å². The number of hydrogen-bond donors (Lipinski definition) is 1. The fourth-order valence-corrected chi connectivity index (χ4v) is 3.28. The van der Waals surface area contributed by atoms with E-state index in [0.717, 1.165) is 16.8 Å². The first-order valence-corrected chi connectivity index (χ1v) is 9.89. The van der Waals surface area contributed by atoms with Gasteiger partial charge in [-0.3, -0.25) is 14.9 Å². The summed E-state index contributed by atoms with van der Waals surface area (Å²) in [5.74, 6) is -0.564. The van der Waals surface area contributed by atoms with Gasteiger partial charge in [-0.25, -0.2) is 9.07 Å². The molecule has 0 bridgehead atoms. The van der Waals surface area contributed by atoms with Crippen LogP contribution in [0.3, 0.4) is 0 Å². The lowest BCUT2D eigenvalue weighted by Gasteiger charge is -2.06. The van der Waals surface area contributed by atoms with Gasteiger partial charge in [0.2, 0.25) is 5.91 Å². The summed E-state index contributed by atoms with van der Waals surface area (Å²) in [5.41, 5.74) is 3.67. The van der Waals surface area contributed by atoms with Gasteiger partial charge < -0.3 is 5.32 Å². The van der Waals surface area contributed by atoms with Crippen molar-refractivity contribution in [2.24, 2.45) is 0 Å². The number of carbonyl (C=O) groups is 1. The molecule has 0 radical (unpaired) electrons. The Hall–Kier alpha value is -4.33. The van der Waals surface area contributed by atoms with E-state index in [-0.39, 0.29) is 30.4 Å². The topological polar surface area (TPSA) is 90.1 Å². The molecule has 0 saturated carbocycles. The third-order valence-corrected chi connectivity index (χ3v) is 4.92. The molecule has 0 aliphatic rings. The molecule has 32 heavy (non-hydrogen) atoms. The number of aromatic nitrogens is 2. The summed E-state index contributed by atoms with van der Waals surface area (Å²) in [6, 6.07) is 21.5. The molecule has 0 fully saturated rings. The Kier molecular flexibility index (Phi) is 6.03. The van der Waals surface area contributed by atoms with Gasteiger partial charge in [0.1, 0.15) is 5.82 Å². The highest BCUT2D eigenvalue weighted by Gasteiger charge is 2.14. The largest absolute Gasteiger partial charge is 0.352 e. The van der Waals surface area contributed by atoms with Crippen molar-refractivity contribution in [3.05, 3.63) is 112 Å². The number of para-hydroxylation sites is 1. The number of nitro benzene ring substituents is 1. The van der Waals surface area contributed by atoms with Gasteiger partial charge in [-0.15, -0.1) is 0 Å². The number of non-ortho nitro benzene ring substituents is 1. The first-order valence-electron chi connectivity index (χ1n) is 9.89. The minimum absolute atomic E-state index is 0.0218. The summed E-state index contributed by atoms with van der Waals surface area (Å²) in [5, 5.41) is 18.3. The Morgan fingerprint density at radius 2 is 1.69 bits per heavy atom. The lowest BCUT2D eigenvalue weighted by molar-refractivity contribution is -0.384. The van der Waals surface area contributed by atoms with E-state index in [1.54, 1.807) is 28.9 Å². The van der Waals surface area contributed by atoms with Crippen molar-refractivity contribution in [3.8, 4) is 16.9 Å². The summed E-state index contributed by atoms with van der Waals surface area (Å²) in [7, 11) is 0. The van der Waals surface area contributed by atoms with Crippen LogP contribution in [0.15, 0.2) is 85.1 Å². The molecular formula is C24H19FN4O3. The van der Waals surface area contributed by atoms with E-state index >= 15 is 0 Å². The lowest BCUT2D eigenvalue weighted by Crippen LogP contribution is -2.24. The molecule has 7 nitrogen and oxygen atoms in total. The molecule has 0 unspecified atom stereocenters. The molecule has 0 atom stereocenters. The Labute approximate surface area is 183 Å². The highest BCUT2D eigenvalue weighted by atomic mass is 19.1. The summed E-state index contributed by atoms with van der Waals surface area (Å²) in [6.45, 7) is 0.228. The Morgan fingerprint density at radius 1 is 1.00 bits per heavy atom. The van der Waals surface area contributed by atoms with Crippen LogP contribution in [0.25, 0.3) is 16.9 Å². The molecular weight excluding hydrogens is 411 g/mol. The number of amides is 1. The first kappa shape index (κ1) is 20.9. The Morgan fingerprint density at radius 3 is 2.34 bits per heavy atom. The standard InChI is InChI=1S/C24H19FN4O3/c25-20-10-8-18(9-11-20)24-19(16-28(27-24)21-4-2-1-3-5-21)15-26-23(30)14-17-6-12-22(13-7-17)29(31)32/h1-13,16H,14-15H2,(H,26,30). The van der Waals surface area contributed by atoms with E-state index < -0.39 is 4.92 Å². The number of rotatable bonds is 7. The summed E-state index contributed by atoms with van der Waals surface area (Å²) in [6.07, 6.45) is 1.93. The molecule has 4 rings (SSSR count). The molecule has 0 aliphatic heterocycles. The van der Waals surface area contributed by atoms with Crippen molar-refractivity contribution in [1.82, 2.24) is 15.1 Å². The van der Waals surface area contributed by atoms with Crippen LogP contribution in [-0.2, 0) is 17.8 Å². The fraction of sp³-hybridized carbons (Fsp3) is 0.0833. The molecule has 0 aliphatic carbocycles. The monoisotopic (exact) mass is 430 g/mol. The third-order valence-electron chi connectivity index (χ3n) is 4.92. The van der Waals surface area contributed by atoms with Gasteiger partial charge in [0.05, 0.1) is 22.7 Å². The first-order chi connectivity index (χ1) is 15.5. The number of hydrogen-bond acceptors (Lipinski definition) is 4. The van der Waals surface area contributed by atoms with Crippen LogP contribution < -0.4 is 5.32 Å². The van der Waals surface area contributed by atoms with Crippen LogP contribution in [0.4, 0.5) is 10.1 Å². The van der Waals surface area contributed by atoms with Crippen LogP contribution in [-0.4, -0.2) is 20.6 Å². The van der Waals surface area contributed by atoms with Crippen LogP contribution >= 0.6 is 0 Å². The van der Waals surface area contributed by atoms with Crippen molar-refractivity contribution in [2.75, 3.05) is 0 Å². The van der Waals surface area contributed by atoms with Crippen LogP contribution in [0.2, 0.25) is 0 Å². The quantitative estimate of drug-likeness (QED) is 0.347. The second-order valence-corrected chi connectivity index (χ2v) is 7.17. The highest BCUT2D eigenvalue weighted by Crippen LogP contribution is 2.24. The van der Waals surface area contributed by atoms with E-state index in [9.17, 15) is 19.3 Å². The summed E-state index contributed by atoms with van der Waals surface area (Å²) >= 11 is 0. The van der Waals surface area contributed by atoms with Crippen molar-refractivity contribution in [2.45, 2.75) is 13.0 Å². The van der Waals surface area contributed by atoms with Gasteiger partial charge in [-0.1, -0.05) is 30.3 Å². The maximum Gasteiger partial charge on any atom is 0.269 e. The van der Waals surface area contributed by atoms with Crippen molar-refractivity contribution in [3.63, 3.8) is 0 Å². The molecule has 1 N–H and O–H groups in total. The highest BCUT2D eigenvalue weighted by molar-refractivity contribution is 5.79. The second-order valence-electron chi connectivity index (χ2n) is 7.17. The van der Waals surface area contributed by atoms with Crippen LogP contribution in [0, 0.1) is 15.9 Å². The van der Waals surface area contributed by atoms with Crippen LogP contribution in [0.1, 0.15) is 11.1 Å². The minimum Gasteiger partial charge on any atom is -0.352 e. The predicted molar refractivity (Wildman–Crippen MR) is 118 cm³/mol. The smallest absolute Gasteiger partial charge is 0.269 e. The average Bonchev–Trinajstić information content (AvgIpc) is 3.23. The third kappa shape index (κ3) is 4.86. The van der Waals surface area contributed by atoms with Gasteiger partial charge in [-0.05, 0) is 42.0 Å².